The molecule has 0 N–H and O–H groups in total. The van der Waals surface area contributed by atoms with E-state index in [0.29, 0.717) is 22.4 Å². The third kappa shape index (κ3) is 3.12. The number of rotatable bonds is 3. The molecule has 0 bridgehead atoms. The number of hydrogen-bond donors (Lipinski definition) is 0. The highest BCUT2D eigenvalue weighted by Gasteiger charge is 2.14. The van der Waals surface area contributed by atoms with Gasteiger partial charge in [0.2, 0.25) is 0 Å². The Morgan fingerprint density at radius 1 is 1.12 bits per heavy atom. The van der Waals surface area contributed by atoms with Crippen LogP contribution in [0.25, 0.3) is 10.2 Å². The van der Waals surface area contributed by atoms with Crippen LogP contribution in [0.2, 0.25) is 0 Å². The molecular formula is C17H14F2N2O3S. The Hall–Kier alpha value is -2.74. The third-order valence-electron chi connectivity index (χ3n) is 3.67. The lowest BCUT2D eigenvalue weighted by Crippen LogP contribution is -2.14. The SMILES string of the molecule is COc1cc2sc(=NC(=O)c3ccc(F)cc3F)n(C)c2cc1OC. The van der Waals surface area contributed by atoms with Gasteiger partial charge in [-0.2, -0.15) is 4.99 Å². The molecule has 0 fully saturated rings. The molecule has 0 spiro atoms. The molecule has 0 aliphatic heterocycles. The number of hydrogen-bond acceptors (Lipinski definition) is 4. The van der Waals surface area contributed by atoms with Crippen molar-refractivity contribution in [2.45, 2.75) is 0 Å². The molecule has 25 heavy (non-hydrogen) atoms. The van der Waals surface area contributed by atoms with Crippen molar-refractivity contribution in [3.05, 3.63) is 52.3 Å². The fraction of sp³-hybridized carbons (Fsp3) is 0.176. The predicted molar refractivity (Wildman–Crippen MR) is 90.2 cm³/mol. The van der Waals surface area contributed by atoms with Crippen molar-refractivity contribution in [2.24, 2.45) is 12.0 Å². The number of aryl methyl sites for hydroxylation is 1. The summed E-state index contributed by atoms with van der Waals surface area (Å²) in [5, 5.41) is 0. The average molecular weight is 364 g/mol. The highest BCUT2D eigenvalue weighted by atomic mass is 32.1. The lowest BCUT2D eigenvalue weighted by molar-refractivity contribution is 0.0994. The van der Waals surface area contributed by atoms with E-state index in [-0.39, 0.29) is 5.56 Å². The molecule has 0 aliphatic rings. The van der Waals surface area contributed by atoms with Gasteiger partial charge in [-0.25, -0.2) is 8.78 Å². The van der Waals surface area contributed by atoms with Crippen molar-refractivity contribution in [3.8, 4) is 11.5 Å². The van der Waals surface area contributed by atoms with Gasteiger partial charge in [0.25, 0.3) is 5.91 Å². The number of nitrogens with zero attached hydrogens (tertiary/aromatic N) is 2. The maximum atomic E-state index is 13.7. The topological polar surface area (TPSA) is 52.8 Å². The van der Waals surface area contributed by atoms with Gasteiger partial charge in [0.05, 0.1) is 30.0 Å². The standard InChI is InChI=1S/C17H14F2N2O3S/c1-21-12-7-13(23-2)14(24-3)8-15(12)25-17(21)20-16(22)10-5-4-9(18)6-11(10)19/h4-8H,1-3H3. The number of methoxy groups -OCH3 is 2. The molecule has 1 aromatic heterocycles. The number of carbonyl (C=O) groups excluding carboxylic acids is 1. The molecule has 1 heterocycles. The Balaban J connectivity index is 2.13. The van der Waals surface area contributed by atoms with Crippen molar-refractivity contribution in [3.63, 3.8) is 0 Å². The molecule has 0 saturated carbocycles. The third-order valence-corrected chi connectivity index (χ3v) is 4.77. The molecule has 0 aliphatic carbocycles. The van der Waals surface area contributed by atoms with Crippen molar-refractivity contribution < 1.29 is 23.0 Å². The summed E-state index contributed by atoms with van der Waals surface area (Å²) in [6, 6.07) is 6.30. The number of aromatic nitrogens is 1. The van der Waals surface area contributed by atoms with E-state index in [0.717, 1.165) is 22.3 Å². The number of ether oxygens (including phenoxy) is 2. The average Bonchev–Trinajstić information content (AvgIpc) is 2.88. The van der Waals surface area contributed by atoms with Crippen LogP contribution in [-0.2, 0) is 7.05 Å². The van der Waals surface area contributed by atoms with Crippen molar-refractivity contribution >= 4 is 27.5 Å². The second-order valence-electron chi connectivity index (χ2n) is 5.16. The fourth-order valence-corrected chi connectivity index (χ4v) is 3.40. The van der Waals surface area contributed by atoms with Gasteiger partial charge in [0.1, 0.15) is 11.6 Å². The Morgan fingerprint density at radius 2 is 1.80 bits per heavy atom. The summed E-state index contributed by atoms with van der Waals surface area (Å²) >= 11 is 1.25. The summed E-state index contributed by atoms with van der Waals surface area (Å²) in [4.78, 5) is 16.6. The van der Waals surface area contributed by atoms with Gasteiger partial charge in [0.15, 0.2) is 16.3 Å². The van der Waals surface area contributed by atoms with Crippen LogP contribution in [-0.4, -0.2) is 24.7 Å². The van der Waals surface area contributed by atoms with Gasteiger partial charge in [-0.05, 0) is 12.1 Å². The van der Waals surface area contributed by atoms with Crippen LogP contribution in [0.4, 0.5) is 8.78 Å². The van der Waals surface area contributed by atoms with E-state index in [1.54, 1.807) is 23.7 Å². The first kappa shape index (κ1) is 17.1. The lowest BCUT2D eigenvalue weighted by Gasteiger charge is -2.07. The zero-order valence-corrected chi connectivity index (χ0v) is 14.5. The second-order valence-corrected chi connectivity index (χ2v) is 6.17. The Labute approximate surface area is 145 Å². The minimum Gasteiger partial charge on any atom is -0.493 e. The van der Waals surface area contributed by atoms with Gasteiger partial charge < -0.3 is 14.0 Å². The first-order chi connectivity index (χ1) is 11.9. The molecule has 0 saturated heterocycles. The molecule has 3 aromatic rings. The Morgan fingerprint density at radius 3 is 2.44 bits per heavy atom. The molecule has 2 aromatic carbocycles. The number of fused-ring (bicyclic) bond motifs is 1. The number of thiazole rings is 1. The van der Waals surface area contributed by atoms with Crippen LogP contribution in [0.3, 0.4) is 0 Å². The van der Waals surface area contributed by atoms with E-state index in [1.165, 1.54) is 25.6 Å². The predicted octanol–water partition coefficient (Wildman–Crippen LogP) is 3.28. The van der Waals surface area contributed by atoms with Gasteiger partial charge in [0, 0.05) is 25.2 Å². The summed E-state index contributed by atoms with van der Waals surface area (Å²) in [5.41, 5.74) is 0.503. The summed E-state index contributed by atoms with van der Waals surface area (Å²) in [5.74, 6) is -1.37. The minimum atomic E-state index is -0.944. The summed E-state index contributed by atoms with van der Waals surface area (Å²) in [6.07, 6.45) is 0. The first-order valence-electron chi connectivity index (χ1n) is 7.20. The van der Waals surface area contributed by atoms with Crippen molar-refractivity contribution in [1.29, 1.82) is 0 Å². The molecule has 0 atom stereocenters. The van der Waals surface area contributed by atoms with Crippen LogP contribution in [0, 0.1) is 11.6 Å². The van der Waals surface area contributed by atoms with Crippen LogP contribution < -0.4 is 14.3 Å². The van der Waals surface area contributed by atoms with Crippen LogP contribution >= 0.6 is 11.3 Å². The van der Waals surface area contributed by atoms with Crippen LogP contribution in [0.15, 0.2) is 35.3 Å². The van der Waals surface area contributed by atoms with Gasteiger partial charge in [-0.1, -0.05) is 11.3 Å². The number of carbonyl (C=O) groups is 1. The maximum Gasteiger partial charge on any atom is 0.282 e. The van der Waals surface area contributed by atoms with E-state index >= 15 is 0 Å². The van der Waals surface area contributed by atoms with Gasteiger partial charge >= 0.3 is 0 Å². The van der Waals surface area contributed by atoms with Crippen LogP contribution in [0.5, 0.6) is 11.5 Å². The maximum absolute atomic E-state index is 13.7. The largest absolute Gasteiger partial charge is 0.493 e. The summed E-state index contributed by atoms with van der Waals surface area (Å²) in [7, 11) is 4.80. The Bertz CT molecular complexity index is 1040. The second kappa shape index (κ2) is 6.64. The number of benzene rings is 2. The molecule has 0 radical (unpaired) electrons. The molecule has 8 heteroatoms. The number of amides is 1. The van der Waals surface area contributed by atoms with Crippen molar-refractivity contribution in [1.82, 2.24) is 4.57 Å². The monoisotopic (exact) mass is 364 g/mol. The zero-order valence-electron chi connectivity index (χ0n) is 13.7. The van der Waals surface area contributed by atoms with E-state index in [9.17, 15) is 13.6 Å². The smallest absolute Gasteiger partial charge is 0.282 e. The molecule has 1 amide bonds. The van der Waals surface area contributed by atoms with Crippen LogP contribution in [0.1, 0.15) is 10.4 Å². The normalized spacial score (nSPS) is 11.8. The summed E-state index contributed by atoms with van der Waals surface area (Å²) in [6.45, 7) is 0. The summed E-state index contributed by atoms with van der Waals surface area (Å²) < 4.78 is 39.8. The fourth-order valence-electron chi connectivity index (χ4n) is 2.37. The molecule has 130 valence electrons. The minimum absolute atomic E-state index is 0.283. The first-order valence-corrected chi connectivity index (χ1v) is 8.02. The number of halogens is 2. The quantitative estimate of drug-likeness (QED) is 0.717. The van der Waals surface area contributed by atoms with E-state index in [4.69, 9.17) is 9.47 Å². The zero-order chi connectivity index (χ0) is 18.1. The lowest BCUT2D eigenvalue weighted by atomic mass is 10.2. The Kier molecular flexibility index (Phi) is 4.54. The van der Waals surface area contributed by atoms with Crippen molar-refractivity contribution in [2.75, 3.05) is 14.2 Å². The van der Waals surface area contributed by atoms with Gasteiger partial charge in [-0.3, -0.25) is 4.79 Å². The molecule has 5 nitrogen and oxygen atoms in total. The highest BCUT2D eigenvalue weighted by molar-refractivity contribution is 7.16. The highest BCUT2D eigenvalue weighted by Crippen LogP contribution is 2.33. The van der Waals surface area contributed by atoms with E-state index in [1.807, 2.05) is 0 Å². The van der Waals surface area contributed by atoms with E-state index < -0.39 is 17.5 Å². The molecule has 3 rings (SSSR count). The van der Waals surface area contributed by atoms with Gasteiger partial charge in [-0.15, -0.1) is 0 Å². The van der Waals surface area contributed by atoms with E-state index in [2.05, 4.69) is 4.99 Å². The molecule has 0 unspecified atom stereocenters. The molecular weight excluding hydrogens is 350 g/mol.